The van der Waals surface area contributed by atoms with Gasteiger partial charge in [-0.2, -0.15) is 0 Å². The van der Waals surface area contributed by atoms with Gasteiger partial charge in [0.25, 0.3) is 0 Å². The van der Waals surface area contributed by atoms with Gasteiger partial charge in [0.05, 0.1) is 28.4 Å². The fourth-order valence-electron chi connectivity index (χ4n) is 3.82. The summed E-state index contributed by atoms with van der Waals surface area (Å²) in [5, 5.41) is 0.668. The average Bonchev–Trinajstić information content (AvgIpc) is 3.48. The van der Waals surface area contributed by atoms with Crippen molar-refractivity contribution in [3.8, 4) is 0 Å². The molecule has 0 spiro atoms. The Morgan fingerprint density at radius 2 is 2.03 bits per heavy atom. The van der Waals surface area contributed by atoms with Gasteiger partial charge in [-0.1, -0.05) is 35.6 Å². The number of fused-ring (bicyclic) bond motifs is 2. The molecular weight excluding hydrogens is 402 g/mol. The van der Waals surface area contributed by atoms with Crippen molar-refractivity contribution in [2.45, 2.75) is 31.9 Å². The quantitative estimate of drug-likeness (QED) is 0.471. The number of carbonyl (C=O) groups excluding carboxylic acids is 1. The highest BCUT2D eigenvalue weighted by atomic mass is 32.1. The number of hydrogen-bond acceptors (Lipinski definition) is 6. The Kier molecular flexibility index (Phi) is 5.10. The molecule has 154 valence electrons. The second-order valence-electron chi connectivity index (χ2n) is 7.34. The largest absolute Gasteiger partial charge is 0.419 e. The summed E-state index contributed by atoms with van der Waals surface area (Å²) in [6.45, 7) is 1.45. The van der Waals surface area contributed by atoms with E-state index >= 15 is 0 Å². The molecule has 1 fully saturated rings. The van der Waals surface area contributed by atoms with Crippen LogP contribution in [0.25, 0.3) is 21.3 Å². The molecule has 1 saturated heterocycles. The number of aryl methyl sites for hydroxylation is 1. The van der Waals surface area contributed by atoms with Crippen LogP contribution in [0.5, 0.6) is 0 Å². The van der Waals surface area contributed by atoms with Crippen molar-refractivity contribution in [3.05, 3.63) is 59.1 Å². The molecule has 1 unspecified atom stereocenters. The molecule has 30 heavy (non-hydrogen) atoms. The zero-order valence-electron chi connectivity index (χ0n) is 16.3. The van der Waals surface area contributed by atoms with Crippen LogP contribution in [0, 0.1) is 0 Å². The summed E-state index contributed by atoms with van der Waals surface area (Å²) >= 11 is 1.50. The molecule has 2 aromatic carbocycles. The normalized spacial score (nSPS) is 16.5. The number of anilines is 1. The summed E-state index contributed by atoms with van der Waals surface area (Å²) in [6, 6.07) is 15.1. The van der Waals surface area contributed by atoms with Crippen LogP contribution in [0.4, 0.5) is 5.13 Å². The number of nitrogens with zero attached hydrogens (tertiary/aromatic N) is 3. The molecule has 1 aliphatic rings. The van der Waals surface area contributed by atoms with E-state index in [0.717, 1.165) is 29.7 Å². The van der Waals surface area contributed by atoms with Gasteiger partial charge in [-0.15, -0.1) is 0 Å². The predicted molar refractivity (Wildman–Crippen MR) is 116 cm³/mol. The Bertz CT molecular complexity index is 1220. The van der Waals surface area contributed by atoms with Crippen LogP contribution in [-0.2, 0) is 16.1 Å². The van der Waals surface area contributed by atoms with E-state index in [0.29, 0.717) is 22.8 Å². The van der Waals surface area contributed by atoms with E-state index in [9.17, 15) is 9.59 Å². The Morgan fingerprint density at radius 3 is 2.87 bits per heavy atom. The summed E-state index contributed by atoms with van der Waals surface area (Å²) in [4.78, 5) is 31.9. The van der Waals surface area contributed by atoms with Crippen molar-refractivity contribution in [2.75, 3.05) is 18.1 Å². The maximum atomic E-state index is 13.2. The van der Waals surface area contributed by atoms with Crippen LogP contribution in [-0.4, -0.2) is 34.7 Å². The number of hydrogen-bond donors (Lipinski definition) is 0. The lowest BCUT2D eigenvalue weighted by Gasteiger charge is -2.23. The molecule has 0 aliphatic carbocycles. The predicted octanol–water partition coefficient (Wildman–Crippen LogP) is 3.81. The molecule has 0 N–H and O–H groups in total. The zero-order valence-corrected chi connectivity index (χ0v) is 17.1. The lowest BCUT2D eigenvalue weighted by molar-refractivity contribution is -0.119. The van der Waals surface area contributed by atoms with Gasteiger partial charge in [-0.05, 0) is 37.1 Å². The van der Waals surface area contributed by atoms with Crippen LogP contribution < -0.4 is 10.7 Å². The van der Waals surface area contributed by atoms with Gasteiger partial charge in [-0.3, -0.25) is 14.3 Å². The maximum Gasteiger partial charge on any atom is 0.419 e. The topological polar surface area (TPSA) is 77.6 Å². The van der Waals surface area contributed by atoms with Crippen molar-refractivity contribution in [3.63, 3.8) is 0 Å². The highest BCUT2D eigenvalue weighted by molar-refractivity contribution is 7.22. The number of para-hydroxylation sites is 3. The van der Waals surface area contributed by atoms with E-state index in [2.05, 4.69) is 4.98 Å². The summed E-state index contributed by atoms with van der Waals surface area (Å²) in [5.74, 6) is -0.531. The third-order valence-electron chi connectivity index (χ3n) is 5.35. The molecule has 0 radical (unpaired) electrons. The first-order valence-electron chi connectivity index (χ1n) is 10.0. The third kappa shape index (κ3) is 3.64. The molecule has 0 saturated carbocycles. The van der Waals surface area contributed by atoms with Crippen LogP contribution in [0.15, 0.2) is 57.7 Å². The molecule has 4 aromatic rings. The van der Waals surface area contributed by atoms with E-state index in [1.807, 2.05) is 42.5 Å². The van der Waals surface area contributed by atoms with Crippen LogP contribution >= 0.6 is 11.3 Å². The number of oxazole rings is 1. The van der Waals surface area contributed by atoms with Gasteiger partial charge in [0.1, 0.15) is 0 Å². The molecule has 1 aliphatic heterocycles. The number of ether oxygens (including phenoxy) is 1. The number of benzene rings is 2. The smallest absolute Gasteiger partial charge is 0.408 e. The van der Waals surface area contributed by atoms with E-state index in [1.54, 1.807) is 11.0 Å². The van der Waals surface area contributed by atoms with Gasteiger partial charge >= 0.3 is 5.76 Å². The third-order valence-corrected chi connectivity index (χ3v) is 6.41. The lowest BCUT2D eigenvalue weighted by atomic mass is 10.2. The summed E-state index contributed by atoms with van der Waals surface area (Å²) in [5.41, 5.74) is 2.10. The lowest BCUT2D eigenvalue weighted by Crippen LogP contribution is -2.38. The maximum absolute atomic E-state index is 13.2. The van der Waals surface area contributed by atoms with E-state index in [4.69, 9.17) is 9.15 Å². The van der Waals surface area contributed by atoms with E-state index < -0.39 is 5.76 Å². The number of carbonyl (C=O) groups is 1. The summed E-state index contributed by atoms with van der Waals surface area (Å²) < 4.78 is 13.6. The minimum absolute atomic E-state index is 0.0124. The number of amides is 1. The Hall–Kier alpha value is -2.97. The second kappa shape index (κ2) is 8.04. The van der Waals surface area contributed by atoms with Gasteiger partial charge in [0.2, 0.25) is 5.91 Å². The fraction of sp³-hybridized carbons (Fsp3) is 0.318. The van der Waals surface area contributed by atoms with Crippen molar-refractivity contribution in [2.24, 2.45) is 0 Å². The average molecular weight is 423 g/mol. The molecule has 3 heterocycles. The highest BCUT2D eigenvalue weighted by Gasteiger charge is 2.26. The second-order valence-corrected chi connectivity index (χ2v) is 8.35. The minimum atomic E-state index is -0.449. The van der Waals surface area contributed by atoms with Gasteiger partial charge in [0, 0.05) is 19.6 Å². The molecule has 0 bridgehead atoms. The monoisotopic (exact) mass is 423 g/mol. The number of thiazole rings is 1. The zero-order chi connectivity index (χ0) is 20.5. The molecule has 7 nitrogen and oxygen atoms in total. The Labute approximate surface area is 176 Å². The molecule has 1 atom stereocenters. The van der Waals surface area contributed by atoms with Crippen molar-refractivity contribution < 1.29 is 13.9 Å². The van der Waals surface area contributed by atoms with Crippen LogP contribution in [0.2, 0.25) is 0 Å². The summed E-state index contributed by atoms with van der Waals surface area (Å²) in [6.07, 6.45) is 2.12. The van der Waals surface area contributed by atoms with Crippen LogP contribution in [0.1, 0.15) is 19.3 Å². The van der Waals surface area contributed by atoms with Crippen molar-refractivity contribution in [1.29, 1.82) is 0 Å². The van der Waals surface area contributed by atoms with Crippen LogP contribution in [0.3, 0.4) is 0 Å². The number of aromatic nitrogens is 2. The van der Waals surface area contributed by atoms with Gasteiger partial charge in [-0.25, -0.2) is 9.78 Å². The first-order valence-corrected chi connectivity index (χ1v) is 10.9. The molecule has 8 heteroatoms. The van der Waals surface area contributed by atoms with Gasteiger partial charge in [0.15, 0.2) is 10.7 Å². The summed E-state index contributed by atoms with van der Waals surface area (Å²) in [7, 11) is 0. The van der Waals surface area contributed by atoms with E-state index in [1.165, 1.54) is 15.9 Å². The fourth-order valence-corrected chi connectivity index (χ4v) is 4.81. The minimum Gasteiger partial charge on any atom is -0.408 e. The Balaban J connectivity index is 1.40. The van der Waals surface area contributed by atoms with Gasteiger partial charge < -0.3 is 9.15 Å². The Morgan fingerprint density at radius 1 is 1.20 bits per heavy atom. The SMILES string of the molecule is O=C(CCn1c(=O)oc2ccccc21)N(CC1CCCO1)c1nc2ccccc2s1. The number of rotatable bonds is 6. The first kappa shape index (κ1) is 19.0. The molecule has 1 amide bonds. The molecular formula is C22H21N3O4S. The standard InChI is InChI=1S/C22H21N3O4S/c26-20(11-12-24-17-8-2-3-9-18(17)29-22(24)27)25(14-15-6-5-13-28-15)21-23-16-7-1-4-10-19(16)30-21/h1-4,7-10,15H,5-6,11-14H2. The van der Waals surface area contributed by atoms with Crippen molar-refractivity contribution in [1.82, 2.24) is 9.55 Å². The highest BCUT2D eigenvalue weighted by Crippen LogP contribution is 2.30. The van der Waals surface area contributed by atoms with E-state index in [-0.39, 0.29) is 25.0 Å². The molecule has 2 aromatic heterocycles. The van der Waals surface area contributed by atoms with Crippen molar-refractivity contribution >= 4 is 43.7 Å². The molecule has 5 rings (SSSR count). The first-order chi connectivity index (χ1) is 14.7.